The summed E-state index contributed by atoms with van der Waals surface area (Å²) in [7, 11) is 0. The topological polar surface area (TPSA) is 113 Å². The minimum absolute atomic E-state index is 0.0422. The van der Waals surface area contributed by atoms with E-state index in [1.807, 2.05) is 0 Å². The van der Waals surface area contributed by atoms with Gasteiger partial charge in [0.1, 0.15) is 5.54 Å². The van der Waals surface area contributed by atoms with Crippen molar-refractivity contribution in [3.8, 4) is 0 Å². The molecule has 164 valence electrons. The third-order valence-electron chi connectivity index (χ3n) is 5.79. The Morgan fingerprint density at radius 3 is 2.38 bits per heavy atom. The van der Waals surface area contributed by atoms with E-state index >= 15 is 0 Å². The molecule has 1 fully saturated rings. The number of amides is 5. The number of fused-ring (bicyclic) bond motifs is 1. The molecular weight excluding hydrogens is 434 g/mol. The second-order valence-electron chi connectivity index (χ2n) is 8.06. The van der Waals surface area contributed by atoms with Crippen molar-refractivity contribution in [2.24, 2.45) is 0 Å². The van der Waals surface area contributed by atoms with Gasteiger partial charge in [-0.3, -0.25) is 34.2 Å². The Hall–Kier alpha value is -3.52. The van der Waals surface area contributed by atoms with Gasteiger partial charge in [0.2, 0.25) is 11.8 Å². The van der Waals surface area contributed by atoms with Gasteiger partial charge in [0.15, 0.2) is 0 Å². The van der Waals surface area contributed by atoms with Crippen LogP contribution in [0.3, 0.4) is 0 Å². The predicted octanol–water partition coefficient (Wildman–Crippen LogP) is 1.99. The Kier molecular flexibility index (Phi) is 5.56. The summed E-state index contributed by atoms with van der Waals surface area (Å²) in [4.78, 5) is 63.1. The van der Waals surface area contributed by atoms with Crippen LogP contribution >= 0.6 is 11.6 Å². The average molecular weight is 454 g/mol. The van der Waals surface area contributed by atoms with Crippen molar-refractivity contribution in [2.45, 2.75) is 38.3 Å². The van der Waals surface area contributed by atoms with Gasteiger partial charge in [0, 0.05) is 18.0 Å². The molecule has 0 aliphatic carbocycles. The van der Waals surface area contributed by atoms with Crippen molar-refractivity contribution in [2.75, 3.05) is 0 Å². The lowest BCUT2D eigenvalue weighted by molar-refractivity contribution is -0.141. The highest BCUT2D eigenvalue weighted by Crippen LogP contribution is 2.34. The zero-order chi connectivity index (χ0) is 23.0. The number of nitrogens with one attached hydrogen (secondary N) is 2. The molecule has 0 spiro atoms. The number of benzene rings is 2. The maximum atomic E-state index is 13.0. The highest BCUT2D eigenvalue weighted by atomic mass is 35.5. The second-order valence-corrected chi connectivity index (χ2v) is 8.49. The highest BCUT2D eigenvalue weighted by molar-refractivity contribution is 6.30. The smallest absolute Gasteiger partial charge is 0.262 e. The predicted molar refractivity (Wildman–Crippen MR) is 115 cm³/mol. The van der Waals surface area contributed by atoms with Gasteiger partial charge in [-0.25, -0.2) is 0 Å². The molecule has 2 aliphatic rings. The molecule has 1 unspecified atom stereocenters. The van der Waals surface area contributed by atoms with E-state index < -0.39 is 29.2 Å². The van der Waals surface area contributed by atoms with E-state index in [0.29, 0.717) is 10.6 Å². The van der Waals surface area contributed by atoms with Crippen LogP contribution < -0.4 is 10.6 Å². The first-order chi connectivity index (χ1) is 15.2. The first-order valence-corrected chi connectivity index (χ1v) is 10.4. The summed E-state index contributed by atoms with van der Waals surface area (Å²) < 4.78 is 0. The molecule has 0 radical (unpaired) electrons. The van der Waals surface area contributed by atoms with Gasteiger partial charge in [-0.15, -0.1) is 0 Å². The van der Waals surface area contributed by atoms with Crippen LogP contribution in [0.15, 0.2) is 42.5 Å². The zero-order valence-corrected chi connectivity index (χ0v) is 18.0. The number of piperidine rings is 1. The Morgan fingerprint density at radius 2 is 1.69 bits per heavy atom. The molecule has 0 aromatic heterocycles. The molecule has 2 N–H and O–H groups in total. The highest BCUT2D eigenvalue weighted by Gasteiger charge is 2.52. The van der Waals surface area contributed by atoms with E-state index in [4.69, 9.17) is 11.6 Å². The lowest BCUT2D eigenvalue weighted by atomic mass is 9.89. The Bertz CT molecular complexity index is 1160. The molecule has 2 aromatic carbocycles. The lowest BCUT2D eigenvalue weighted by Crippen LogP contribution is -2.62. The van der Waals surface area contributed by atoms with Crippen LogP contribution in [0.4, 0.5) is 0 Å². The molecule has 8 nitrogen and oxygen atoms in total. The normalized spacial score (nSPS) is 20.2. The molecule has 1 saturated heterocycles. The van der Waals surface area contributed by atoms with Crippen LogP contribution in [0.2, 0.25) is 5.02 Å². The van der Waals surface area contributed by atoms with Crippen LogP contribution in [0, 0.1) is 0 Å². The summed E-state index contributed by atoms with van der Waals surface area (Å²) in [5, 5.41) is 5.58. The van der Waals surface area contributed by atoms with Gasteiger partial charge >= 0.3 is 0 Å². The number of halogens is 1. The fourth-order valence-corrected chi connectivity index (χ4v) is 4.03. The van der Waals surface area contributed by atoms with Crippen molar-refractivity contribution < 1.29 is 24.0 Å². The molecule has 4 rings (SSSR count). The summed E-state index contributed by atoms with van der Waals surface area (Å²) in [5.74, 6) is -2.46. The van der Waals surface area contributed by atoms with E-state index in [-0.39, 0.29) is 42.8 Å². The Morgan fingerprint density at radius 1 is 1.03 bits per heavy atom. The number of carbonyl (C=O) groups excluding carboxylic acids is 5. The fourth-order valence-electron chi connectivity index (χ4n) is 3.90. The van der Waals surface area contributed by atoms with Crippen LogP contribution in [0.5, 0.6) is 0 Å². The van der Waals surface area contributed by atoms with Gasteiger partial charge < -0.3 is 5.32 Å². The van der Waals surface area contributed by atoms with Gasteiger partial charge in [0.05, 0.1) is 17.5 Å². The number of rotatable bonds is 5. The van der Waals surface area contributed by atoms with Crippen molar-refractivity contribution in [1.29, 1.82) is 0 Å². The molecule has 1 atom stereocenters. The average Bonchev–Trinajstić information content (AvgIpc) is 3.01. The van der Waals surface area contributed by atoms with Crippen LogP contribution in [-0.4, -0.2) is 40.0 Å². The quantitative estimate of drug-likeness (QED) is 0.672. The van der Waals surface area contributed by atoms with E-state index in [2.05, 4.69) is 10.6 Å². The van der Waals surface area contributed by atoms with Crippen molar-refractivity contribution in [3.63, 3.8) is 0 Å². The summed E-state index contributed by atoms with van der Waals surface area (Å²) in [6, 6.07) is 11.7. The minimum Gasteiger partial charge on any atom is -0.352 e. The summed E-state index contributed by atoms with van der Waals surface area (Å²) >= 11 is 5.85. The number of hydrogen-bond donors (Lipinski definition) is 2. The van der Waals surface area contributed by atoms with Crippen LogP contribution in [0.1, 0.15) is 51.6 Å². The minimum atomic E-state index is -1.44. The molecular formula is C23H20ClN3O5. The van der Waals surface area contributed by atoms with E-state index in [0.717, 1.165) is 10.5 Å². The van der Waals surface area contributed by atoms with Gasteiger partial charge in [-0.2, -0.15) is 0 Å². The first-order valence-electron chi connectivity index (χ1n) is 10.1. The van der Waals surface area contributed by atoms with Gasteiger partial charge in [-0.1, -0.05) is 29.8 Å². The fraction of sp³-hybridized carbons (Fsp3) is 0.261. The number of nitrogens with zero attached hydrogens (tertiary/aromatic N) is 1. The molecule has 0 bridgehead atoms. The van der Waals surface area contributed by atoms with Crippen LogP contribution in [0.25, 0.3) is 0 Å². The van der Waals surface area contributed by atoms with Gasteiger partial charge in [-0.05, 0) is 48.7 Å². The van der Waals surface area contributed by atoms with E-state index in [1.54, 1.807) is 36.4 Å². The summed E-state index contributed by atoms with van der Waals surface area (Å²) in [6.07, 6.45) is 0.288. The summed E-state index contributed by atoms with van der Waals surface area (Å²) in [5.41, 5.74) is 0.385. The second kappa shape index (κ2) is 8.20. The Labute approximate surface area is 188 Å². The SMILES string of the molecule is CC1(N2C(=O)c3ccc(CNC(=O)Cc4ccc(Cl)cc4)cc3C2=O)CCC(=O)NC1=O. The third kappa shape index (κ3) is 3.89. The van der Waals surface area contributed by atoms with E-state index in [1.165, 1.54) is 13.0 Å². The van der Waals surface area contributed by atoms with Crippen molar-refractivity contribution >= 4 is 41.1 Å². The monoisotopic (exact) mass is 453 g/mol. The van der Waals surface area contributed by atoms with Crippen molar-refractivity contribution in [1.82, 2.24) is 15.5 Å². The third-order valence-corrected chi connectivity index (χ3v) is 6.05. The largest absolute Gasteiger partial charge is 0.352 e. The summed E-state index contributed by atoms with van der Waals surface area (Å²) in [6.45, 7) is 1.65. The molecule has 9 heteroatoms. The molecule has 32 heavy (non-hydrogen) atoms. The molecule has 2 aliphatic heterocycles. The maximum Gasteiger partial charge on any atom is 0.262 e. The lowest BCUT2D eigenvalue weighted by Gasteiger charge is -2.38. The van der Waals surface area contributed by atoms with E-state index in [9.17, 15) is 24.0 Å². The van der Waals surface area contributed by atoms with Crippen molar-refractivity contribution in [3.05, 3.63) is 69.7 Å². The van der Waals surface area contributed by atoms with Gasteiger partial charge in [0.25, 0.3) is 17.7 Å². The number of imide groups is 2. The number of hydrogen-bond acceptors (Lipinski definition) is 5. The zero-order valence-electron chi connectivity index (χ0n) is 17.2. The molecule has 2 heterocycles. The number of carbonyl (C=O) groups is 5. The standard InChI is InChI=1S/C23H20ClN3O5/c1-23(9-8-18(28)26-22(23)32)27-20(30)16-7-4-14(10-17(16)21(27)31)12-25-19(29)11-13-2-5-15(24)6-3-13/h2-7,10H,8-9,11-12H2,1H3,(H,25,29)(H,26,28,32). The first kappa shape index (κ1) is 21.7. The van der Waals surface area contributed by atoms with Crippen LogP contribution in [-0.2, 0) is 27.3 Å². The molecule has 5 amide bonds. The molecule has 0 saturated carbocycles. The molecule has 2 aromatic rings. The Balaban J connectivity index is 1.47. The maximum absolute atomic E-state index is 13.0.